The van der Waals surface area contributed by atoms with Gasteiger partial charge in [0.05, 0.1) is 11.6 Å². The fourth-order valence-corrected chi connectivity index (χ4v) is 3.31. The second-order valence-corrected chi connectivity index (χ2v) is 6.55. The van der Waals surface area contributed by atoms with Crippen molar-refractivity contribution in [3.05, 3.63) is 64.7 Å². The maximum atomic E-state index is 12.0. The number of carbonyl (C=O) groups excluding carboxylic acids is 1. The highest BCUT2D eigenvalue weighted by atomic mass is 35.5. The van der Waals surface area contributed by atoms with Crippen LogP contribution in [0.15, 0.2) is 53.4 Å². The molecule has 0 saturated heterocycles. The third-order valence-corrected chi connectivity index (χ3v) is 4.83. The first kappa shape index (κ1) is 17.9. The van der Waals surface area contributed by atoms with Gasteiger partial charge in [-0.05, 0) is 23.3 Å². The summed E-state index contributed by atoms with van der Waals surface area (Å²) in [5.41, 5.74) is 2.18. The number of nitrogens with one attached hydrogen (secondary N) is 1. The van der Waals surface area contributed by atoms with Crippen molar-refractivity contribution in [3.63, 3.8) is 0 Å². The highest BCUT2D eigenvalue weighted by Gasteiger charge is 2.06. The number of thioether (sulfide) groups is 1. The first-order chi connectivity index (χ1) is 11.2. The normalized spacial score (nSPS) is 10.5. The average Bonchev–Trinajstić information content (AvgIpc) is 2.56. The Hall–Kier alpha value is -1.49. The van der Waals surface area contributed by atoms with Crippen LogP contribution >= 0.6 is 23.4 Å². The monoisotopic (exact) mass is 349 g/mol. The molecule has 23 heavy (non-hydrogen) atoms. The van der Waals surface area contributed by atoms with Crippen LogP contribution in [0.25, 0.3) is 0 Å². The number of halogens is 1. The number of methoxy groups -OCH3 is 1. The molecule has 0 atom stereocenters. The van der Waals surface area contributed by atoms with E-state index in [2.05, 4.69) is 5.32 Å². The zero-order chi connectivity index (χ0) is 16.5. The largest absolute Gasteiger partial charge is 0.380 e. The summed E-state index contributed by atoms with van der Waals surface area (Å²) >= 11 is 7.69. The summed E-state index contributed by atoms with van der Waals surface area (Å²) < 4.78 is 5.17. The Balaban J connectivity index is 1.76. The van der Waals surface area contributed by atoms with Crippen LogP contribution in [0.5, 0.6) is 0 Å². The van der Waals surface area contributed by atoms with Crippen molar-refractivity contribution in [1.82, 2.24) is 5.32 Å². The fourth-order valence-electron chi connectivity index (χ4n) is 2.12. The Kier molecular flexibility index (Phi) is 7.46. The predicted octanol–water partition coefficient (Wildman–Crippen LogP) is 4.29. The summed E-state index contributed by atoms with van der Waals surface area (Å²) in [6.07, 6.45) is 0.461. The van der Waals surface area contributed by atoms with Gasteiger partial charge in [-0.2, -0.15) is 0 Å². The highest BCUT2D eigenvalue weighted by molar-refractivity contribution is 7.99. The van der Waals surface area contributed by atoms with Gasteiger partial charge >= 0.3 is 0 Å². The van der Waals surface area contributed by atoms with Gasteiger partial charge in [0.2, 0.25) is 5.91 Å². The van der Waals surface area contributed by atoms with Crippen LogP contribution in [0.4, 0.5) is 0 Å². The summed E-state index contributed by atoms with van der Waals surface area (Å²) in [5, 5.41) is 3.69. The molecular formula is C18H20ClNO2S. The molecule has 0 fully saturated rings. The van der Waals surface area contributed by atoms with Gasteiger partial charge in [0.15, 0.2) is 0 Å². The van der Waals surface area contributed by atoms with Crippen molar-refractivity contribution < 1.29 is 9.53 Å². The third kappa shape index (κ3) is 5.90. The number of rotatable bonds is 8. The van der Waals surface area contributed by atoms with Crippen molar-refractivity contribution in [2.24, 2.45) is 0 Å². The van der Waals surface area contributed by atoms with Gasteiger partial charge in [-0.25, -0.2) is 0 Å². The van der Waals surface area contributed by atoms with E-state index in [-0.39, 0.29) is 5.91 Å². The van der Waals surface area contributed by atoms with E-state index in [0.717, 1.165) is 21.0 Å². The summed E-state index contributed by atoms with van der Waals surface area (Å²) in [5.74, 6) is 0.742. The quantitative estimate of drug-likeness (QED) is 0.723. The lowest BCUT2D eigenvalue weighted by Gasteiger charge is -2.10. The summed E-state index contributed by atoms with van der Waals surface area (Å²) in [4.78, 5) is 13.0. The van der Waals surface area contributed by atoms with Gasteiger partial charge in [0, 0.05) is 30.7 Å². The van der Waals surface area contributed by atoms with E-state index in [1.807, 2.05) is 48.5 Å². The van der Waals surface area contributed by atoms with E-state index >= 15 is 0 Å². The van der Waals surface area contributed by atoms with Crippen LogP contribution in [0.1, 0.15) is 17.5 Å². The molecule has 0 aliphatic heterocycles. The Labute approximate surface area is 146 Å². The number of benzene rings is 2. The third-order valence-electron chi connectivity index (χ3n) is 3.32. The van der Waals surface area contributed by atoms with E-state index in [1.54, 1.807) is 18.9 Å². The Bertz CT molecular complexity index is 648. The summed E-state index contributed by atoms with van der Waals surface area (Å²) in [7, 11) is 1.67. The lowest BCUT2D eigenvalue weighted by atomic mass is 10.1. The highest BCUT2D eigenvalue weighted by Crippen LogP contribution is 2.26. The second-order valence-electron chi connectivity index (χ2n) is 5.01. The Morgan fingerprint density at radius 3 is 2.57 bits per heavy atom. The van der Waals surface area contributed by atoms with E-state index in [9.17, 15) is 4.79 Å². The molecule has 0 aromatic heterocycles. The molecule has 1 N–H and O–H groups in total. The standard InChI is InChI=1S/C18H20ClNO2S/c1-22-13-15-7-3-2-6-14(15)12-20-18(21)10-11-23-17-9-5-4-8-16(17)19/h2-9H,10-13H2,1H3,(H,20,21). The molecular weight excluding hydrogens is 330 g/mol. The molecule has 0 aliphatic carbocycles. The first-order valence-corrected chi connectivity index (χ1v) is 8.77. The lowest BCUT2D eigenvalue weighted by molar-refractivity contribution is -0.120. The minimum absolute atomic E-state index is 0.0387. The number of amides is 1. The van der Waals surface area contributed by atoms with Crippen molar-refractivity contribution in [1.29, 1.82) is 0 Å². The van der Waals surface area contributed by atoms with Crippen molar-refractivity contribution in [2.75, 3.05) is 12.9 Å². The van der Waals surface area contributed by atoms with Gasteiger partial charge in [-0.15, -0.1) is 11.8 Å². The van der Waals surface area contributed by atoms with Gasteiger partial charge in [-0.1, -0.05) is 48.0 Å². The molecule has 122 valence electrons. The smallest absolute Gasteiger partial charge is 0.221 e. The van der Waals surface area contributed by atoms with Gasteiger partial charge in [-0.3, -0.25) is 4.79 Å². The molecule has 2 rings (SSSR count). The molecule has 0 saturated carbocycles. The van der Waals surface area contributed by atoms with Gasteiger partial charge in [0.1, 0.15) is 0 Å². The molecule has 2 aromatic carbocycles. The summed E-state index contributed by atoms with van der Waals surface area (Å²) in [6.45, 7) is 1.07. The van der Waals surface area contributed by atoms with Crippen LogP contribution in [0, 0.1) is 0 Å². The zero-order valence-electron chi connectivity index (χ0n) is 13.0. The molecule has 0 spiro atoms. The van der Waals surface area contributed by atoms with Crippen LogP contribution in [-0.4, -0.2) is 18.8 Å². The summed E-state index contributed by atoms with van der Waals surface area (Å²) in [6, 6.07) is 15.6. The molecule has 5 heteroatoms. The number of hydrogen-bond acceptors (Lipinski definition) is 3. The molecule has 0 radical (unpaired) electrons. The van der Waals surface area contributed by atoms with E-state index in [4.69, 9.17) is 16.3 Å². The Morgan fingerprint density at radius 1 is 1.13 bits per heavy atom. The zero-order valence-corrected chi connectivity index (χ0v) is 14.6. The minimum atomic E-state index is 0.0387. The van der Waals surface area contributed by atoms with E-state index in [0.29, 0.717) is 25.3 Å². The minimum Gasteiger partial charge on any atom is -0.380 e. The molecule has 0 aliphatic rings. The van der Waals surface area contributed by atoms with Crippen LogP contribution in [-0.2, 0) is 22.7 Å². The Morgan fingerprint density at radius 2 is 1.83 bits per heavy atom. The molecule has 2 aromatic rings. The topological polar surface area (TPSA) is 38.3 Å². The predicted molar refractivity (Wildman–Crippen MR) is 95.8 cm³/mol. The van der Waals surface area contributed by atoms with Crippen LogP contribution < -0.4 is 5.32 Å². The van der Waals surface area contributed by atoms with Crippen LogP contribution in [0.2, 0.25) is 5.02 Å². The van der Waals surface area contributed by atoms with Crippen molar-refractivity contribution in [2.45, 2.75) is 24.5 Å². The number of carbonyl (C=O) groups is 1. The molecule has 1 amide bonds. The molecule has 3 nitrogen and oxygen atoms in total. The van der Waals surface area contributed by atoms with E-state index < -0.39 is 0 Å². The SMILES string of the molecule is COCc1ccccc1CNC(=O)CCSc1ccccc1Cl. The maximum Gasteiger partial charge on any atom is 0.221 e. The van der Waals surface area contributed by atoms with Gasteiger partial charge in [0.25, 0.3) is 0 Å². The number of ether oxygens (including phenoxy) is 1. The molecule has 0 bridgehead atoms. The van der Waals surface area contributed by atoms with E-state index in [1.165, 1.54) is 0 Å². The first-order valence-electron chi connectivity index (χ1n) is 7.40. The fraction of sp³-hybridized carbons (Fsp3) is 0.278. The molecule has 0 heterocycles. The van der Waals surface area contributed by atoms with Crippen LogP contribution in [0.3, 0.4) is 0 Å². The molecule has 0 unspecified atom stereocenters. The van der Waals surface area contributed by atoms with Crippen molar-refractivity contribution in [3.8, 4) is 0 Å². The second kappa shape index (κ2) is 9.60. The maximum absolute atomic E-state index is 12.0. The van der Waals surface area contributed by atoms with Crippen molar-refractivity contribution >= 4 is 29.3 Å². The number of hydrogen-bond donors (Lipinski definition) is 1. The average molecular weight is 350 g/mol. The lowest BCUT2D eigenvalue weighted by Crippen LogP contribution is -2.23. The van der Waals surface area contributed by atoms with Gasteiger partial charge < -0.3 is 10.1 Å².